The molecule has 0 heterocycles. The Morgan fingerprint density at radius 3 is 2.68 bits per heavy atom. The van der Waals surface area contributed by atoms with Gasteiger partial charge in [0.1, 0.15) is 6.10 Å². The number of nitro groups is 1. The summed E-state index contributed by atoms with van der Waals surface area (Å²) in [5.74, 6) is 0.517. The van der Waals surface area contributed by atoms with Crippen LogP contribution in [0.25, 0.3) is 0 Å². The zero-order valence-corrected chi connectivity index (χ0v) is 10.9. The van der Waals surface area contributed by atoms with Crippen molar-refractivity contribution in [3.8, 4) is 11.5 Å². The van der Waals surface area contributed by atoms with Crippen LogP contribution < -0.4 is 15.2 Å². The molecular formula is C13H18N2O4. The van der Waals surface area contributed by atoms with Crippen molar-refractivity contribution in [2.75, 3.05) is 6.61 Å². The Labute approximate surface area is 111 Å². The molecule has 2 N–H and O–H groups in total. The highest BCUT2D eigenvalue weighted by Crippen LogP contribution is 2.38. The summed E-state index contributed by atoms with van der Waals surface area (Å²) in [6, 6.07) is 5.03. The van der Waals surface area contributed by atoms with E-state index in [9.17, 15) is 10.1 Å². The molecule has 0 amide bonds. The minimum atomic E-state index is -0.459. The van der Waals surface area contributed by atoms with Gasteiger partial charge in [-0.1, -0.05) is 13.0 Å². The van der Waals surface area contributed by atoms with Gasteiger partial charge in [0.2, 0.25) is 11.5 Å². The van der Waals surface area contributed by atoms with E-state index in [-0.39, 0.29) is 29.3 Å². The van der Waals surface area contributed by atoms with Gasteiger partial charge in [-0.3, -0.25) is 10.1 Å². The molecule has 6 nitrogen and oxygen atoms in total. The van der Waals surface area contributed by atoms with Gasteiger partial charge < -0.3 is 15.2 Å². The second kappa shape index (κ2) is 5.88. The predicted molar refractivity (Wildman–Crippen MR) is 70.5 cm³/mol. The number of nitrogens with zero attached hydrogens (tertiary/aromatic N) is 1. The minimum absolute atomic E-state index is 0.0323. The van der Waals surface area contributed by atoms with Crippen molar-refractivity contribution >= 4 is 5.69 Å². The molecule has 1 fully saturated rings. The van der Waals surface area contributed by atoms with Crippen LogP contribution in [0, 0.1) is 10.1 Å². The lowest BCUT2D eigenvalue weighted by molar-refractivity contribution is -0.387. The third-order valence-corrected chi connectivity index (χ3v) is 3.03. The van der Waals surface area contributed by atoms with Crippen molar-refractivity contribution in [1.29, 1.82) is 0 Å². The molecule has 1 aliphatic rings. The van der Waals surface area contributed by atoms with E-state index in [0.29, 0.717) is 6.61 Å². The van der Waals surface area contributed by atoms with Crippen LogP contribution in [0.15, 0.2) is 18.2 Å². The summed E-state index contributed by atoms with van der Waals surface area (Å²) in [4.78, 5) is 10.7. The highest BCUT2D eigenvalue weighted by Gasteiger charge is 2.31. The molecule has 0 atom stereocenters. The van der Waals surface area contributed by atoms with Crippen molar-refractivity contribution in [3.05, 3.63) is 28.3 Å². The molecule has 1 aromatic rings. The van der Waals surface area contributed by atoms with Crippen molar-refractivity contribution in [2.24, 2.45) is 5.73 Å². The van der Waals surface area contributed by atoms with Crippen LogP contribution in [-0.2, 0) is 0 Å². The first-order chi connectivity index (χ1) is 9.11. The van der Waals surface area contributed by atoms with Crippen LogP contribution in [0.5, 0.6) is 11.5 Å². The summed E-state index contributed by atoms with van der Waals surface area (Å²) in [5.41, 5.74) is 5.58. The molecule has 0 bridgehead atoms. The first-order valence-electron chi connectivity index (χ1n) is 6.44. The van der Waals surface area contributed by atoms with Crippen LogP contribution >= 0.6 is 0 Å². The summed E-state index contributed by atoms with van der Waals surface area (Å²) in [7, 11) is 0. The van der Waals surface area contributed by atoms with Gasteiger partial charge in [-0.2, -0.15) is 0 Å². The molecule has 0 unspecified atom stereocenters. The lowest BCUT2D eigenvalue weighted by Gasteiger charge is -2.32. The van der Waals surface area contributed by atoms with Crippen molar-refractivity contribution < 1.29 is 14.4 Å². The number of rotatable bonds is 6. The fourth-order valence-electron chi connectivity index (χ4n) is 1.99. The summed E-state index contributed by atoms with van der Waals surface area (Å²) in [6.45, 7) is 2.39. The number of para-hydroxylation sites is 1. The molecule has 1 aliphatic carbocycles. The van der Waals surface area contributed by atoms with Crippen molar-refractivity contribution in [3.63, 3.8) is 0 Å². The van der Waals surface area contributed by atoms with Gasteiger partial charge in [0, 0.05) is 6.04 Å². The van der Waals surface area contributed by atoms with Crippen LogP contribution in [0.1, 0.15) is 26.2 Å². The smallest absolute Gasteiger partial charge is 0.352 e. The third kappa shape index (κ3) is 3.14. The lowest BCUT2D eigenvalue weighted by atomic mass is 9.90. The molecule has 1 aromatic carbocycles. The summed E-state index contributed by atoms with van der Waals surface area (Å²) >= 11 is 0. The maximum atomic E-state index is 11.2. The van der Waals surface area contributed by atoms with Gasteiger partial charge in [0.25, 0.3) is 0 Å². The van der Waals surface area contributed by atoms with Crippen LogP contribution in [-0.4, -0.2) is 23.7 Å². The monoisotopic (exact) mass is 266 g/mol. The molecule has 2 rings (SSSR count). The van der Waals surface area contributed by atoms with E-state index in [4.69, 9.17) is 15.2 Å². The van der Waals surface area contributed by atoms with Gasteiger partial charge in [-0.15, -0.1) is 0 Å². The standard InChI is InChI=1S/C13H18N2O4/c1-2-6-18-11-4-3-5-12(13(11)15(16)17)19-10-7-9(14)8-10/h3-5,9-10H,2,6-8,14H2,1H3. The molecule has 19 heavy (non-hydrogen) atoms. The first kappa shape index (κ1) is 13.6. The average molecular weight is 266 g/mol. The number of nitro benzene ring substituents is 1. The van der Waals surface area contributed by atoms with Gasteiger partial charge in [-0.05, 0) is 31.4 Å². The second-order valence-corrected chi connectivity index (χ2v) is 4.68. The zero-order valence-electron chi connectivity index (χ0n) is 10.9. The molecule has 0 saturated heterocycles. The summed E-state index contributed by atoms with van der Waals surface area (Å²) in [6.07, 6.45) is 2.23. The first-order valence-corrected chi connectivity index (χ1v) is 6.44. The molecule has 0 aliphatic heterocycles. The third-order valence-electron chi connectivity index (χ3n) is 3.03. The van der Waals surface area contributed by atoms with E-state index < -0.39 is 4.92 Å². The largest absolute Gasteiger partial charge is 0.487 e. The van der Waals surface area contributed by atoms with Crippen LogP contribution in [0.4, 0.5) is 5.69 Å². The van der Waals surface area contributed by atoms with E-state index in [1.54, 1.807) is 18.2 Å². The van der Waals surface area contributed by atoms with E-state index >= 15 is 0 Å². The Morgan fingerprint density at radius 1 is 1.42 bits per heavy atom. The average Bonchev–Trinajstić information content (AvgIpc) is 2.34. The van der Waals surface area contributed by atoms with E-state index in [1.165, 1.54) is 0 Å². The second-order valence-electron chi connectivity index (χ2n) is 4.68. The van der Waals surface area contributed by atoms with Gasteiger partial charge in [-0.25, -0.2) is 0 Å². The Morgan fingerprint density at radius 2 is 2.11 bits per heavy atom. The topological polar surface area (TPSA) is 87.6 Å². The maximum Gasteiger partial charge on any atom is 0.352 e. The van der Waals surface area contributed by atoms with Crippen LogP contribution in [0.2, 0.25) is 0 Å². The number of hydrogen-bond acceptors (Lipinski definition) is 5. The van der Waals surface area contributed by atoms with Gasteiger partial charge in [0.15, 0.2) is 0 Å². The Balaban J connectivity index is 2.18. The van der Waals surface area contributed by atoms with E-state index in [0.717, 1.165) is 19.3 Å². The highest BCUT2D eigenvalue weighted by molar-refractivity contribution is 5.57. The molecular weight excluding hydrogens is 248 g/mol. The Kier molecular flexibility index (Phi) is 4.21. The van der Waals surface area contributed by atoms with Crippen molar-refractivity contribution in [1.82, 2.24) is 0 Å². The van der Waals surface area contributed by atoms with E-state index in [2.05, 4.69) is 0 Å². The summed E-state index contributed by atoms with van der Waals surface area (Å²) in [5, 5.41) is 11.2. The predicted octanol–water partition coefficient (Wildman–Crippen LogP) is 2.25. The Hall–Kier alpha value is -1.82. The number of hydrogen-bond donors (Lipinski definition) is 1. The molecule has 6 heteroatoms. The fourth-order valence-corrected chi connectivity index (χ4v) is 1.99. The van der Waals surface area contributed by atoms with Gasteiger partial charge >= 0.3 is 5.69 Å². The van der Waals surface area contributed by atoms with E-state index in [1.807, 2.05) is 6.92 Å². The highest BCUT2D eigenvalue weighted by atomic mass is 16.6. The number of benzene rings is 1. The lowest BCUT2D eigenvalue weighted by Crippen LogP contribution is -2.43. The number of nitrogens with two attached hydrogens (primary N) is 1. The molecule has 104 valence electrons. The van der Waals surface area contributed by atoms with Crippen LogP contribution in [0.3, 0.4) is 0 Å². The minimum Gasteiger partial charge on any atom is -0.487 e. The SMILES string of the molecule is CCCOc1cccc(OC2CC(N)C2)c1[N+](=O)[O-]. The quantitative estimate of drug-likeness (QED) is 0.630. The Bertz CT molecular complexity index is 458. The number of ether oxygens (including phenoxy) is 2. The zero-order chi connectivity index (χ0) is 13.8. The fraction of sp³-hybridized carbons (Fsp3) is 0.538. The maximum absolute atomic E-state index is 11.2. The molecule has 1 saturated carbocycles. The molecule has 0 radical (unpaired) electrons. The summed E-state index contributed by atoms with van der Waals surface area (Å²) < 4.78 is 11.0. The van der Waals surface area contributed by atoms with Gasteiger partial charge in [0.05, 0.1) is 11.5 Å². The normalized spacial score (nSPS) is 21.6. The van der Waals surface area contributed by atoms with Crippen molar-refractivity contribution in [2.45, 2.75) is 38.3 Å². The molecule has 0 spiro atoms. The molecule has 0 aromatic heterocycles.